The summed E-state index contributed by atoms with van der Waals surface area (Å²) in [6.45, 7) is 1.67. The van der Waals surface area contributed by atoms with Crippen LogP contribution in [0.25, 0.3) is 0 Å². The number of halogens is 1. The summed E-state index contributed by atoms with van der Waals surface area (Å²) in [6, 6.07) is 13.4. The van der Waals surface area contributed by atoms with Crippen molar-refractivity contribution in [2.45, 2.75) is 19.6 Å². The van der Waals surface area contributed by atoms with E-state index < -0.39 is 12.0 Å². The van der Waals surface area contributed by atoms with Crippen molar-refractivity contribution in [2.75, 3.05) is 7.11 Å². The molecule has 5 nitrogen and oxygen atoms in total. The fourth-order valence-electron chi connectivity index (χ4n) is 2.04. The maximum absolute atomic E-state index is 12.1. The quantitative estimate of drug-likeness (QED) is 0.767. The van der Waals surface area contributed by atoms with Gasteiger partial charge in [0.25, 0.3) is 5.91 Å². The van der Waals surface area contributed by atoms with Crippen LogP contribution in [0.3, 0.4) is 0 Å². The minimum Gasteiger partial charge on any atom is -0.496 e. The molecule has 0 spiro atoms. The van der Waals surface area contributed by atoms with Gasteiger partial charge in [-0.05, 0) is 37.3 Å². The average Bonchev–Trinajstić information content (AvgIpc) is 2.60. The minimum atomic E-state index is -0.754. The van der Waals surface area contributed by atoms with Gasteiger partial charge in [0, 0.05) is 15.6 Å². The van der Waals surface area contributed by atoms with E-state index in [0.29, 0.717) is 11.3 Å². The topological polar surface area (TPSA) is 64.6 Å². The molecule has 0 saturated carbocycles. The van der Waals surface area contributed by atoms with Crippen LogP contribution in [0.4, 0.5) is 0 Å². The maximum Gasteiger partial charge on any atom is 0.328 e. The Balaban J connectivity index is 1.90. The molecule has 0 radical (unpaired) electrons. The van der Waals surface area contributed by atoms with E-state index in [0.717, 1.165) is 10.0 Å². The molecule has 0 aromatic heterocycles. The van der Waals surface area contributed by atoms with Crippen LogP contribution in [0.5, 0.6) is 5.75 Å². The molecule has 0 aliphatic heterocycles. The third-order valence-corrected chi connectivity index (χ3v) is 3.90. The third-order valence-electron chi connectivity index (χ3n) is 3.37. The number of hydrogen-bond donors (Lipinski definition) is 1. The van der Waals surface area contributed by atoms with Gasteiger partial charge in [-0.2, -0.15) is 0 Å². The second-order valence-corrected chi connectivity index (χ2v) is 6.04. The molecular weight excluding hydrogens is 374 g/mol. The van der Waals surface area contributed by atoms with Crippen molar-refractivity contribution in [3.8, 4) is 5.75 Å². The molecular formula is C18H18BrNO4. The summed E-state index contributed by atoms with van der Waals surface area (Å²) in [5.74, 6) is -0.188. The molecule has 0 aliphatic rings. The molecule has 1 N–H and O–H groups in total. The lowest BCUT2D eigenvalue weighted by Crippen LogP contribution is -2.39. The zero-order chi connectivity index (χ0) is 17.5. The third kappa shape index (κ3) is 4.83. The van der Waals surface area contributed by atoms with Crippen molar-refractivity contribution < 1.29 is 19.1 Å². The van der Waals surface area contributed by atoms with Crippen LogP contribution in [0.2, 0.25) is 0 Å². The Morgan fingerprint density at radius 2 is 1.79 bits per heavy atom. The van der Waals surface area contributed by atoms with Crippen molar-refractivity contribution in [2.24, 2.45) is 0 Å². The summed E-state index contributed by atoms with van der Waals surface area (Å²) in [7, 11) is 1.56. The van der Waals surface area contributed by atoms with Crippen molar-refractivity contribution >= 4 is 27.8 Å². The smallest absolute Gasteiger partial charge is 0.328 e. The second-order valence-electron chi connectivity index (χ2n) is 5.12. The molecule has 126 valence electrons. The molecule has 6 heteroatoms. The Morgan fingerprint density at radius 3 is 2.46 bits per heavy atom. The van der Waals surface area contributed by atoms with E-state index in [2.05, 4.69) is 21.2 Å². The molecule has 0 fully saturated rings. The van der Waals surface area contributed by atoms with Crippen molar-refractivity contribution in [3.63, 3.8) is 0 Å². The predicted octanol–water partition coefficient (Wildman–Crippen LogP) is 3.32. The van der Waals surface area contributed by atoms with Gasteiger partial charge in [0.15, 0.2) is 0 Å². The summed E-state index contributed by atoms with van der Waals surface area (Å²) in [5.41, 5.74) is 1.24. The Kier molecular flexibility index (Phi) is 6.37. The van der Waals surface area contributed by atoms with Gasteiger partial charge in [-0.15, -0.1) is 0 Å². The normalized spacial score (nSPS) is 11.5. The van der Waals surface area contributed by atoms with E-state index in [9.17, 15) is 9.59 Å². The summed E-state index contributed by atoms with van der Waals surface area (Å²) in [6.07, 6.45) is 0. The van der Waals surface area contributed by atoms with Crippen LogP contribution in [-0.2, 0) is 16.1 Å². The first-order valence-electron chi connectivity index (χ1n) is 7.36. The van der Waals surface area contributed by atoms with Gasteiger partial charge in [-0.1, -0.05) is 34.1 Å². The first-order valence-corrected chi connectivity index (χ1v) is 8.15. The van der Waals surface area contributed by atoms with Gasteiger partial charge < -0.3 is 14.8 Å². The van der Waals surface area contributed by atoms with Crippen LogP contribution in [0.1, 0.15) is 22.8 Å². The molecule has 0 heterocycles. The van der Waals surface area contributed by atoms with Crippen molar-refractivity contribution in [3.05, 3.63) is 64.1 Å². The highest BCUT2D eigenvalue weighted by atomic mass is 79.9. The Labute approximate surface area is 149 Å². The first kappa shape index (κ1) is 18.0. The molecule has 1 amide bonds. The maximum atomic E-state index is 12.1. The van der Waals surface area contributed by atoms with Crippen molar-refractivity contribution in [1.82, 2.24) is 5.32 Å². The summed E-state index contributed by atoms with van der Waals surface area (Å²) in [5, 5.41) is 2.62. The van der Waals surface area contributed by atoms with Gasteiger partial charge in [0.1, 0.15) is 18.4 Å². The number of para-hydroxylation sites is 1. The van der Waals surface area contributed by atoms with Gasteiger partial charge in [0.2, 0.25) is 0 Å². The Bertz CT molecular complexity index is 715. The number of amides is 1. The predicted molar refractivity (Wildman–Crippen MR) is 93.9 cm³/mol. The van der Waals surface area contributed by atoms with Crippen LogP contribution in [-0.4, -0.2) is 25.0 Å². The summed E-state index contributed by atoms with van der Waals surface area (Å²) < 4.78 is 11.3. The number of benzene rings is 2. The number of methoxy groups -OCH3 is 1. The Morgan fingerprint density at radius 1 is 1.12 bits per heavy atom. The van der Waals surface area contributed by atoms with Crippen LogP contribution < -0.4 is 10.1 Å². The number of carbonyl (C=O) groups excluding carboxylic acids is 2. The fraction of sp³-hybridized carbons (Fsp3) is 0.222. The van der Waals surface area contributed by atoms with Crippen LogP contribution in [0.15, 0.2) is 53.0 Å². The SMILES string of the molecule is COc1ccccc1COC(=O)[C@H](C)NC(=O)c1ccc(Br)cc1. The molecule has 0 unspecified atom stereocenters. The van der Waals surface area contributed by atoms with E-state index in [1.807, 2.05) is 18.2 Å². The molecule has 2 rings (SSSR count). The zero-order valence-corrected chi connectivity index (χ0v) is 15.0. The highest BCUT2D eigenvalue weighted by Crippen LogP contribution is 2.18. The average molecular weight is 392 g/mol. The number of hydrogen-bond acceptors (Lipinski definition) is 4. The molecule has 24 heavy (non-hydrogen) atoms. The molecule has 1 atom stereocenters. The van der Waals surface area contributed by atoms with Gasteiger partial charge >= 0.3 is 5.97 Å². The number of esters is 1. The number of nitrogens with one attached hydrogen (secondary N) is 1. The number of ether oxygens (including phenoxy) is 2. The van der Waals surface area contributed by atoms with Gasteiger partial charge in [-0.3, -0.25) is 4.79 Å². The van der Waals surface area contributed by atoms with Crippen LogP contribution >= 0.6 is 15.9 Å². The lowest BCUT2D eigenvalue weighted by Gasteiger charge is -2.14. The molecule has 2 aromatic rings. The minimum absolute atomic E-state index is 0.0847. The molecule has 2 aromatic carbocycles. The highest BCUT2D eigenvalue weighted by molar-refractivity contribution is 9.10. The van der Waals surface area contributed by atoms with E-state index in [1.54, 1.807) is 44.4 Å². The van der Waals surface area contributed by atoms with Gasteiger partial charge in [0.05, 0.1) is 7.11 Å². The van der Waals surface area contributed by atoms with E-state index in [1.165, 1.54) is 0 Å². The highest BCUT2D eigenvalue weighted by Gasteiger charge is 2.18. The Hall–Kier alpha value is -2.34. The zero-order valence-electron chi connectivity index (χ0n) is 13.4. The standard InChI is InChI=1S/C18H18BrNO4/c1-12(20-17(21)13-7-9-15(19)10-8-13)18(22)24-11-14-5-3-4-6-16(14)23-2/h3-10,12H,11H2,1-2H3,(H,20,21)/t12-/m0/s1. The van der Waals surface area contributed by atoms with E-state index >= 15 is 0 Å². The largest absolute Gasteiger partial charge is 0.496 e. The number of carbonyl (C=O) groups is 2. The molecule has 0 aliphatic carbocycles. The summed E-state index contributed by atoms with van der Waals surface area (Å²) >= 11 is 3.31. The molecule has 0 bridgehead atoms. The monoisotopic (exact) mass is 391 g/mol. The van der Waals surface area contributed by atoms with Crippen LogP contribution in [0, 0.1) is 0 Å². The van der Waals surface area contributed by atoms with Gasteiger partial charge in [-0.25, -0.2) is 4.79 Å². The van der Waals surface area contributed by atoms with E-state index in [4.69, 9.17) is 9.47 Å². The second kappa shape index (κ2) is 8.49. The lowest BCUT2D eigenvalue weighted by atomic mass is 10.2. The van der Waals surface area contributed by atoms with Crippen molar-refractivity contribution in [1.29, 1.82) is 0 Å². The lowest BCUT2D eigenvalue weighted by molar-refractivity contribution is -0.146. The number of rotatable bonds is 6. The summed E-state index contributed by atoms with van der Waals surface area (Å²) in [4.78, 5) is 24.1. The molecule has 0 saturated heterocycles. The fourth-order valence-corrected chi connectivity index (χ4v) is 2.30. The van der Waals surface area contributed by atoms with E-state index in [-0.39, 0.29) is 12.5 Å². The first-order chi connectivity index (χ1) is 11.5.